The van der Waals surface area contributed by atoms with Gasteiger partial charge in [0.2, 0.25) is 0 Å². The van der Waals surface area contributed by atoms with Crippen LogP contribution in [-0.4, -0.2) is 11.8 Å². The van der Waals surface area contributed by atoms with Crippen molar-refractivity contribution < 1.29 is 9.59 Å². The molecule has 0 bridgehead atoms. The standard InChI is InChI=1S/C11H9BrN2O2S2/c1-6-2-3-8(18-6)10(15)13-14-11(16)9-7(12)4-5-17-9/h2-5H,1H3,(H,13,15)(H,14,16). The molecule has 0 spiro atoms. The number of hydrazine groups is 1. The first-order chi connectivity index (χ1) is 8.58. The smallest absolute Gasteiger partial charge is 0.266 e. The van der Waals surface area contributed by atoms with Crippen molar-refractivity contribution >= 4 is 50.4 Å². The molecule has 2 N–H and O–H groups in total. The van der Waals surface area contributed by atoms with Gasteiger partial charge >= 0.3 is 0 Å². The second-order valence-electron chi connectivity index (χ2n) is 3.42. The van der Waals surface area contributed by atoms with Gasteiger partial charge in [0.1, 0.15) is 4.88 Å². The van der Waals surface area contributed by atoms with Gasteiger partial charge in [-0.3, -0.25) is 20.4 Å². The summed E-state index contributed by atoms with van der Waals surface area (Å²) in [6, 6.07) is 5.36. The van der Waals surface area contributed by atoms with Gasteiger partial charge in [-0.05, 0) is 46.4 Å². The van der Waals surface area contributed by atoms with Crippen molar-refractivity contribution in [1.82, 2.24) is 10.9 Å². The molecular weight excluding hydrogens is 336 g/mol. The number of hydrogen-bond donors (Lipinski definition) is 2. The fourth-order valence-corrected chi connectivity index (χ4v) is 3.45. The third-order valence-electron chi connectivity index (χ3n) is 2.08. The maximum Gasteiger partial charge on any atom is 0.280 e. The minimum Gasteiger partial charge on any atom is -0.266 e. The molecular formula is C11H9BrN2O2S2. The lowest BCUT2D eigenvalue weighted by molar-refractivity contribution is 0.0851. The zero-order valence-electron chi connectivity index (χ0n) is 9.32. The quantitative estimate of drug-likeness (QED) is 0.823. The van der Waals surface area contributed by atoms with Crippen molar-refractivity contribution in [3.8, 4) is 0 Å². The van der Waals surface area contributed by atoms with E-state index in [0.29, 0.717) is 14.2 Å². The molecule has 0 unspecified atom stereocenters. The van der Waals surface area contributed by atoms with Crippen LogP contribution < -0.4 is 10.9 Å². The molecule has 0 fully saturated rings. The molecule has 0 aromatic carbocycles. The summed E-state index contributed by atoms with van der Waals surface area (Å²) >= 11 is 5.94. The predicted molar refractivity (Wildman–Crippen MR) is 76.0 cm³/mol. The highest BCUT2D eigenvalue weighted by Crippen LogP contribution is 2.22. The van der Waals surface area contributed by atoms with E-state index in [-0.39, 0.29) is 11.8 Å². The second kappa shape index (κ2) is 5.64. The lowest BCUT2D eigenvalue weighted by atomic mass is 10.4. The number of aryl methyl sites for hydroxylation is 1. The Morgan fingerprint density at radius 1 is 1.17 bits per heavy atom. The maximum absolute atomic E-state index is 11.7. The molecule has 2 heterocycles. The van der Waals surface area contributed by atoms with Gasteiger partial charge < -0.3 is 0 Å². The van der Waals surface area contributed by atoms with E-state index >= 15 is 0 Å². The molecule has 2 aromatic heterocycles. The van der Waals surface area contributed by atoms with Crippen LogP contribution in [0.2, 0.25) is 0 Å². The van der Waals surface area contributed by atoms with Crippen LogP contribution in [0.15, 0.2) is 28.1 Å². The van der Waals surface area contributed by atoms with Gasteiger partial charge in [0.05, 0.1) is 4.88 Å². The van der Waals surface area contributed by atoms with Crippen molar-refractivity contribution in [2.24, 2.45) is 0 Å². The molecule has 0 aliphatic carbocycles. The molecule has 94 valence electrons. The zero-order valence-corrected chi connectivity index (χ0v) is 12.5. The largest absolute Gasteiger partial charge is 0.280 e. The summed E-state index contributed by atoms with van der Waals surface area (Å²) in [7, 11) is 0. The van der Waals surface area contributed by atoms with Crippen molar-refractivity contribution in [3.63, 3.8) is 0 Å². The lowest BCUT2D eigenvalue weighted by Crippen LogP contribution is -2.41. The van der Waals surface area contributed by atoms with Gasteiger partial charge in [-0.2, -0.15) is 0 Å². The highest BCUT2D eigenvalue weighted by Gasteiger charge is 2.13. The molecule has 2 amide bonds. The summed E-state index contributed by atoms with van der Waals surface area (Å²) < 4.78 is 0.714. The van der Waals surface area contributed by atoms with Crippen LogP contribution in [0, 0.1) is 6.92 Å². The van der Waals surface area contributed by atoms with Gasteiger partial charge in [0.15, 0.2) is 0 Å². The molecule has 7 heteroatoms. The van der Waals surface area contributed by atoms with Crippen LogP contribution in [0.1, 0.15) is 24.2 Å². The van der Waals surface area contributed by atoms with Crippen LogP contribution in [-0.2, 0) is 0 Å². The summed E-state index contributed by atoms with van der Waals surface area (Å²) in [4.78, 5) is 25.6. The first kappa shape index (κ1) is 13.3. The Labute approximate surface area is 120 Å². The fourth-order valence-electron chi connectivity index (χ4n) is 1.24. The zero-order chi connectivity index (χ0) is 13.1. The molecule has 0 saturated carbocycles. The number of thiophene rings is 2. The molecule has 18 heavy (non-hydrogen) atoms. The van der Waals surface area contributed by atoms with Gasteiger partial charge in [0.25, 0.3) is 11.8 Å². The van der Waals surface area contributed by atoms with Gasteiger partial charge in [-0.15, -0.1) is 22.7 Å². The van der Waals surface area contributed by atoms with Crippen LogP contribution in [0.3, 0.4) is 0 Å². The monoisotopic (exact) mass is 344 g/mol. The number of hydrogen-bond acceptors (Lipinski definition) is 4. The van der Waals surface area contributed by atoms with E-state index in [2.05, 4.69) is 26.8 Å². The average Bonchev–Trinajstić information content (AvgIpc) is 2.94. The first-order valence-corrected chi connectivity index (χ1v) is 7.47. The maximum atomic E-state index is 11.7. The van der Waals surface area contributed by atoms with E-state index in [1.54, 1.807) is 17.5 Å². The predicted octanol–water partition coefficient (Wildman–Crippen LogP) is 2.96. The number of carbonyl (C=O) groups excluding carboxylic acids is 2. The molecule has 0 atom stereocenters. The molecule has 2 rings (SSSR count). The highest BCUT2D eigenvalue weighted by molar-refractivity contribution is 9.10. The fraction of sp³-hybridized carbons (Fsp3) is 0.0909. The Bertz CT molecular complexity index is 591. The van der Waals surface area contributed by atoms with Crippen molar-refractivity contribution in [2.45, 2.75) is 6.92 Å². The van der Waals surface area contributed by atoms with Crippen LogP contribution in [0.25, 0.3) is 0 Å². The first-order valence-electron chi connectivity index (χ1n) is 4.98. The van der Waals surface area contributed by atoms with Crippen LogP contribution in [0.5, 0.6) is 0 Å². The third-order valence-corrected chi connectivity index (χ3v) is 4.91. The summed E-state index contributed by atoms with van der Waals surface area (Å²) in [5.74, 6) is -0.646. The molecule has 2 aromatic rings. The summed E-state index contributed by atoms with van der Waals surface area (Å²) in [5.41, 5.74) is 4.77. The van der Waals surface area contributed by atoms with E-state index in [0.717, 1.165) is 4.88 Å². The lowest BCUT2D eigenvalue weighted by Gasteiger charge is -2.04. The van der Waals surface area contributed by atoms with Gasteiger partial charge in [0, 0.05) is 9.35 Å². The highest BCUT2D eigenvalue weighted by atomic mass is 79.9. The Balaban J connectivity index is 1.94. The molecule has 0 radical (unpaired) electrons. The number of nitrogens with one attached hydrogen (secondary N) is 2. The summed E-state index contributed by atoms with van der Waals surface area (Å²) in [6.45, 7) is 1.92. The Morgan fingerprint density at radius 3 is 2.44 bits per heavy atom. The molecule has 0 saturated heterocycles. The summed E-state index contributed by atoms with van der Waals surface area (Å²) in [6.07, 6.45) is 0. The van der Waals surface area contributed by atoms with Gasteiger partial charge in [-0.25, -0.2) is 0 Å². The minimum atomic E-state index is -0.335. The topological polar surface area (TPSA) is 58.2 Å². The molecule has 0 aliphatic rings. The van der Waals surface area contributed by atoms with E-state index in [1.165, 1.54) is 22.7 Å². The van der Waals surface area contributed by atoms with Crippen LogP contribution >= 0.6 is 38.6 Å². The molecule has 0 aliphatic heterocycles. The van der Waals surface area contributed by atoms with Crippen molar-refractivity contribution in [3.05, 3.63) is 42.7 Å². The Morgan fingerprint density at radius 2 is 1.89 bits per heavy atom. The minimum absolute atomic E-state index is 0.311. The summed E-state index contributed by atoms with van der Waals surface area (Å²) in [5, 5.41) is 1.80. The normalized spacial score (nSPS) is 10.1. The Hall–Kier alpha value is -1.18. The van der Waals surface area contributed by atoms with E-state index in [9.17, 15) is 9.59 Å². The van der Waals surface area contributed by atoms with E-state index < -0.39 is 0 Å². The number of carbonyl (C=O) groups is 2. The van der Waals surface area contributed by atoms with Crippen LogP contribution in [0.4, 0.5) is 0 Å². The number of amides is 2. The van der Waals surface area contributed by atoms with E-state index in [1.807, 2.05) is 13.0 Å². The average molecular weight is 345 g/mol. The number of rotatable bonds is 2. The third kappa shape index (κ3) is 2.98. The molecule has 4 nitrogen and oxygen atoms in total. The SMILES string of the molecule is Cc1ccc(C(=O)NNC(=O)c2sccc2Br)s1. The van der Waals surface area contributed by atoms with E-state index in [4.69, 9.17) is 0 Å². The van der Waals surface area contributed by atoms with Gasteiger partial charge in [-0.1, -0.05) is 0 Å². The Kier molecular flexibility index (Phi) is 4.15. The van der Waals surface area contributed by atoms with Crippen molar-refractivity contribution in [1.29, 1.82) is 0 Å². The second-order valence-corrected chi connectivity index (χ2v) is 6.47. The number of halogens is 1. The van der Waals surface area contributed by atoms with Crippen molar-refractivity contribution in [2.75, 3.05) is 0 Å².